The van der Waals surface area contributed by atoms with E-state index in [4.69, 9.17) is 41.0 Å². The van der Waals surface area contributed by atoms with Crippen molar-refractivity contribution < 1.29 is 172 Å². The molecular weight excluding hydrogens is 1090 g/mol. The summed E-state index contributed by atoms with van der Waals surface area (Å²) in [6, 6.07) is -1.37. The van der Waals surface area contributed by atoms with Crippen molar-refractivity contribution in [1.82, 2.24) is 25.6 Å². The number of aliphatic carboxylic acids is 1. The number of ether oxygens (including phenoxy) is 6. The molecule has 0 bridgehead atoms. The number of nitrogens with zero attached hydrogens (tertiary/aromatic N) is 3. The summed E-state index contributed by atoms with van der Waals surface area (Å²) in [7, 11) is -6.98. The van der Waals surface area contributed by atoms with Crippen LogP contribution in [0.15, 0.2) is 6.20 Å². The average Bonchev–Trinajstić information content (AvgIpc) is 3.82. The van der Waals surface area contributed by atoms with E-state index < -0.39 is 156 Å². The molecule has 2 saturated carbocycles. The van der Waals surface area contributed by atoms with Crippen LogP contribution in [0, 0.1) is 23.2 Å². The molecule has 0 radical (unpaired) electrons. The summed E-state index contributed by atoms with van der Waals surface area (Å²) < 4.78 is 100. The first-order valence-electron chi connectivity index (χ1n) is 24.6. The number of carbonyl (C=O) groups is 4. The van der Waals surface area contributed by atoms with Crippen LogP contribution in [0.4, 0.5) is 0 Å². The van der Waals surface area contributed by atoms with Crippen LogP contribution in [0.2, 0.25) is 0 Å². The van der Waals surface area contributed by atoms with Gasteiger partial charge in [0, 0.05) is 38.3 Å². The summed E-state index contributed by atoms with van der Waals surface area (Å²) >= 11 is 0. The van der Waals surface area contributed by atoms with Crippen molar-refractivity contribution in [1.29, 1.82) is 0 Å². The van der Waals surface area contributed by atoms with Crippen molar-refractivity contribution in [3.05, 3.63) is 11.9 Å². The van der Waals surface area contributed by atoms with Gasteiger partial charge in [-0.25, -0.2) is 13.2 Å². The number of aliphatic hydroxyl groups excluding tert-OH is 5. The predicted molar refractivity (Wildman–Crippen MR) is 247 cm³/mol. The van der Waals surface area contributed by atoms with Crippen LogP contribution in [-0.4, -0.2) is 215 Å². The standard InChI is InChI=1S/C44H72N5O21S.2Na.O3S/c1-5-26-15-27(29(53)12-9-13-45-40(58)28-17-49(48-47-28)19-44(20-51,21-64-4)22-65-71(61,62)63)16-30(38(26)70-43-37(57)36(56)34(54)23(2)66-43)68-42-33(46-24(3)52)39(35(55)32(18-50)69-42)67-31(41(59)60)14-25-10-7-6-8-11-25;;;1-4(2)3/h17,23,25-27,30-39,42-43,50,54-57H,5-16,18-22H2,1-4H3,(H,45,58)(H,46,52)(H,59,60)(H,61,62,63);;;/q-1;2*+1;/p-1/t23?,26?,27?,30-,31+,32+,33?,34-,35+,36+,37?,38-,39?,42-,43+,44?;;;/m1.../s1. The summed E-state index contributed by atoms with van der Waals surface area (Å²) in [6.45, 7) is 1.38. The van der Waals surface area contributed by atoms with Crippen molar-refractivity contribution in [2.75, 3.05) is 40.1 Å². The number of hydrogen-bond donors (Lipinski definition) is 8. The molecule has 7 unspecified atom stereocenters. The van der Waals surface area contributed by atoms with E-state index in [1.807, 2.05) is 6.92 Å². The number of Topliss-reactive ketones (excluding diaryl/α,β-unsaturated/α-hetero) is 1. The van der Waals surface area contributed by atoms with Gasteiger partial charge in [0.05, 0.1) is 50.9 Å². The third kappa shape index (κ3) is 21.8. The Bertz CT molecular complexity index is 2230. The van der Waals surface area contributed by atoms with Gasteiger partial charge in [0.1, 0.15) is 48.4 Å². The van der Waals surface area contributed by atoms with Crippen molar-refractivity contribution in [3.63, 3.8) is 0 Å². The first-order chi connectivity index (χ1) is 35.4. The number of nitrogens with one attached hydrogen (secondary N) is 2. The summed E-state index contributed by atoms with van der Waals surface area (Å²) in [5.74, 6) is -3.99. The van der Waals surface area contributed by atoms with Crippen LogP contribution in [0.25, 0.3) is 0 Å². The number of ketones is 1. The van der Waals surface area contributed by atoms with Crippen LogP contribution < -0.4 is 74.9 Å². The smallest absolute Gasteiger partial charge is 0.854 e. The van der Waals surface area contributed by atoms with Crippen molar-refractivity contribution in [3.8, 4) is 0 Å². The number of rotatable bonds is 26. The van der Waals surface area contributed by atoms with Gasteiger partial charge in [-0.05, 0) is 44.4 Å². The molecule has 33 heteroatoms. The molecule has 3 heterocycles. The van der Waals surface area contributed by atoms with Crippen molar-refractivity contribution in [2.24, 2.45) is 23.2 Å². The molecule has 2 amide bonds. The molecule has 430 valence electrons. The third-order valence-corrected chi connectivity index (χ3v) is 14.2. The van der Waals surface area contributed by atoms with E-state index in [0.29, 0.717) is 6.42 Å². The molecule has 0 aromatic carbocycles. The Morgan fingerprint density at radius 1 is 0.961 bits per heavy atom. The second-order valence-electron chi connectivity index (χ2n) is 19.5. The Morgan fingerprint density at radius 3 is 2.19 bits per heavy atom. The van der Waals surface area contributed by atoms with Crippen LogP contribution in [0.3, 0.4) is 0 Å². The van der Waals surface area contributed by atoms with E-state index in [1.165, 1.54) is 27.2 Å². The molecule has 16 atom stereocenters. The Morgan fingerprint density at radius 2 is 1.62 bits per heavy atom. The molecule has 1 aromatic heterocycles. The summed E-state index contributed by atoms with van der Waals surface area (Å²) in [4.78, 5) is 52.6. The zero-order valence-electron chi connectivity index (χ0n) is 44.0. The Hall–Kier alpha value is -1.77. The predicted octanol–water partition coefficient (Wildman–Crippen LogP) is -9.74. The Kier molecular flexibility index (Phi) is 31.5. The molecule has 0 spiro atoms. The van der Waals surface area contributed by atoms with Gasteiger partial charge in [-0.2, -0.15) is 0 Å². The quantitative estimate of drug-likeness (QED) is 0.0185. The molecule has 2 aliphatic heterocycles. The Labute approximate surface area is 491 Å². The van der Waals surface area contributed by atoms with Gasteiger partial charge < -0.3 is 79.4 Å². The summed E-state index contributed by atoms with van der Waals surface area (Å²) in [5.41, 5.74) is -1.72. The minimum atomic E-state index is -5.13. The molecular formula is C44H71N5Na2O24S2. The fourth-order valence-corrected chi connectivity index (χ4v) is 10.4. The minimum Gasteiger partial charge on any atom is -0.854 e. The monoisotopic (exact) mass is 1160 g/mol. The zero-order valence-corrected chi connectivity index (χ0v) is 49.7. The number of carbonyl (C=O) groups excluding carboxylic acids is 3. The molecule has 5 rings (SSSR count). The number of carboxylic acid groups (broad SMARTS) is 1. The zero-order chi connectivity index (χ0) is 55.8. The van der Waals surface area contributed by atoms with Crippen LogP contribution in [0.1, 0.15) is 102 Å². The van der Waals surface area contributed by atoms with Gasteiger partial charge in [0.25, 0.3) is 5.91 Å². The fraction of sp³-hybridized carbons (Fsp3) is 0.864. The van der Waals surface area contributed by atoms with Gasteiger partial charge in [-0.15, -0.1) is 24.3 Å². The summed E-state index contributed by atoms with van der Waals surface area (Å²) in [6.07, 6.45) is -10.4. The molecule has 77 heavy (non-hydrogen) atoms. The maximum Gasteiger partial charge on any atom is 1.00 e. The van der Waals surface area contributed by atoms with Gasteiger partial charge >= 0.3 is 75.7 Å². The number of methoxy groups -OCH3 is 1. The van der Waals surface area contributed by atoms with Gasteiger partial charge in [-0.1, -0.05) is 50.7 Å². The third-order valence-electron chi connectivity index (χ3n) is 13.8. The minimum absolute atomic E-state index is 0. The van der Waals surface area contributed by atoms with Crippen molar-refractivity contribution >= 4 is 44.6 Å². The number of aliphatic hydroxyl groups is 5. The fourth-order valence-electron chi connectivity index (χ4n) is 9.97. The molecule has 1 aromatic rings. The molecule has 29 nitrogen and oxygen atoms in total. The molecule has 2 saturated heterocycles. The van der Waals surface area contributed by atoms with Gasteiger partial charge in [-0.3, -0.25) is 23.2 Å². The van der Waals surface area contributed by atoms with E-state index in [2.05, 4.69) is 25.1 Å². The number of carboxylic acids is 1. The van der Waals surface area contributed by atoms with Crippen molar-refractivity contribution in [2.45, 2.75) is 178 Å². The summed E-state index contributed by atoms with van der Waals surface area (Å²) in [5, 5.41) is 89.4. The van der Waals surface area contributed by atoms with Crippen LogP contribution in [-0.2, 0) is 74.5 Å². The average molecular weight is 1160 g/mol. The molecule has 4 fully saturated rings. The second kappa shape index (κ2) is 34.0. The molecule has 2 aliphatic carbocycles. The van der Waals surface area contributed by atoms with Crippen LogP contribution in [0.5, 0.6) is 0 Å². The first-order valence-corrected chi connectivity index (χ1v) is 26.9. The number of aromatic nitrogens is 3. The number of hydrogen-bond acceptors (Lipinski definition) is 25. The van der Waals surface area contributed by atoms with Gasteiger partial charge in [0.15, 0.2) is 24.4 Å². The second-order valence-corrected chi connectivity index (χ2v) is 20.9. The van der Waals surface area contributed by atoms with Crippen LogP contribution >= 0.6 is 0 Å². The van der Waals surface area contributed by atoms with E-state index in [1.54, 1.807) is 0 Å². The Balaban J connectivity index is 0.00000326. The van der Waals surface area contributed by atoms with E-state index in [-0.39, 0.29) is 128 Å². The largest absolute Gasteiger partial charge is 1.00 e. The maximum atomic E-state index is 14.1. The topological polar surface area (TPSA) is 441 Å². The SMILES string of the molecule is CCC1CC(C(=O)CCCNC(=O)c2cn(CC(C[O-])(COC)COS(=O)(=O)[O-])nn2)C[C@@H](O[C@@H]2O[C@@H](CO)[C@H](O)C(O[C@@H](CC3CCCCC3)C(=O)O)C2NC(C)=O)[C@@H]1O[C@@H]1OC(C)[C@@H](O)[C@H](O)C1O.O=S(=O)=O.[Na+].[Na+]. The maximum absolute atomic E-state index is 14.1. The molecule has 8 N–H and O–H groups in total. The van der Waals surface area contributed by atoms with Gasteiger partial charge in [0.2, 0.25) is 16.3 Å². The van der Waals surface area contributed by atoms with E-state index in [0.717, 1.165) is 36.8 Å². The first kappa shape index (κ1) is 71.3. The van der Waals surface area contributed by atoms with E-state index in [9.17, 15) is 67.9 Å². The number of amides is 2. The molecule has 4 aliphatic rings. The van der Waals surface area contributed by atoms with E-state index >= 15 is 0 Å². The normalized spacial score (nSPS) is 30.9.